The Kier molecular flexibility index (Phi) is 7.73. The summed E-state index contributed by atoms with van der Waals surface area (Å²) in [5.41, 5.74) is 15.4. The van der Waals surface area contributed by atoms with Crippen LogP contribution in [0.15, 0.2) is 227 Å². The lowest BCUT2D eigenvalue weighted by atomic mass is 9.99. The number of hydrogen-bond acceptors (Lipinski definition) is 4. The number of rotatable bonds is 4. The van der Waals surface area contributed by atoms with E-state index in [1.807, 2.05) is 28.7 Å². The van der Waals surface area contributed by atoms with Gasteiger partial charge in [0, 0.05) is 84.4 Å². The Labute approximate surface area is 418 Å². The summed E-state index contributed by atoms with van der Waals surface area (Å²) in [6.07, 6.45) is 0. The number of benzene rings is 11. The lowest BCUT2D eigenvalue weighted by Crippen LogP contribution is -1.93. The molecule has 0 bridgehead atoms. The van der Waals surface area contributed by atoms with Gasteiger partial charge < -0.3 is 18.0 Å². The molecule has 0 N–H and O–H groups in total. The maximum absolute atomic E-state index is 6.69. The van der Waals surface area contributed by atoms with Crippen molar-refractivity contribution >= 4 is 151 Å². The first-order valence-electron chi connectivity index (χ1n) is 24.4. The van der Waals surface area contributed by atoms with Crippen molar-refractivity contribution in [3.05, 3.63) is 218 Å². The molecule has 17 aromatic rings. The van der Waals surface area contributed by atoms with Crippen LogP contribution in [0.5, 0.6) is 0 Å². The molecule has 0 aliphatic carbocycles. The van der Waals surface area contributed by atoms with Crippen LogP contribution >= 0.6 is 22.7 Å². The fraction of sp³-hybridized carbons (Fsp3) is 0. The lowest BCUT2D eigenvalue weighted by molar-refractivity contribution is 0.669. The SMILES string of the molecule is c1ccc2c(c1)oc1ccc3c(c4ccccc4n3-c3cccc4c3sc3ccc(-c5ccc6oc7ccc8c(c9ccccc9n8-c8ccc(-c9cccc%10c9sc9ccccc9%10)cc8)c7c6c5)cc34)c12. The molecule has 0 radical (unpaired) electrons. The van der Waals surface area contributed by atoms with E-state index in [1.54, 1.807) is 0 Å². The van der Waals surface area contributed by atoms with Crippen LogP contribution in [-0.4, -0.2) is 9.13 Å². The van der Waals surface area contributed by atoms with Gasteiger partial charge >= 0.3 is 0 Å². The minimum absolute atomic E-state index is 0.886. The molecule has 0 aliphatic heterocycles. The summed E-state index contributed by atoms with van der Waals surface area (Å²) in [7, 11) is 0. The highest BCUT2D eigenvalue weighted by Gasteiger charge is 2.23. The van der Waals surface area contributed by atoms with Gasteiger partial charge in [0.15, 0.2) is 0 Å². The number of nitrogens with zero attached hydrogens (tertiary/aromatic N) is 2. The normalized spacial score (nSPS) is 12.4. The molecule has 334 valence electrons. The number of fused-ring (bicyclic) bond motifs is 20. The Bertz CT molecular complexity index is 5170. The van der Waals surface area contributed by atoms with Crippen molar-refractivity contribution in [2.45, 2.75) is 0 Å². The van der Waals surface area contributed by atoms with Crippen molar-refractivity contribution in [3.8, 4) is 33.6 Å². The van der Waals surface area contributed by atoms with E-state index in [1.165, 1.54) is 106 Å². The first kappa shape index (κ1) is 38.9. The highest BCUT2D eigenvalue weighted by atomic mass is 32.1. The van der Waals surface area contributed by atoms with Crippen molar-refractivity contribution in [2.75, 3.05) is 0 Å². The predicted octanol–water partition coefficient (Wildman–Crippen LogP) is 19.7. The van der Waals surface area contributed by atoms with Gasteiger partial charge in [-0.1, -0.05) is 127 Å². The van der Waals surface area contributed by atoms with Crippen LogP contribution in [0.2, 0.25) is 0 Å². The standard InChI is InChI=1S/C66H36N2O2S2/c1-5-18-50-45(12-1)61-52(67(50)40-27-23-37(24-28-40)41-15-9-16-43-42-11-4-8-22-59(42)71-65(41)43)29-32-58-64(61)49-36-38(25-31-56(49)70-58)39-26-34-60-48(35-39)44-17-10-20-54(66(44)72-60)68-51-19-6-2-13-46(51)62-53(68)30-33-57-63(62)47-14-3-7-21-55(47)69-57/h1-36H. The molecule has 0 unspecified atom stereocenters. The second-order valence-corrected chi connectivity index (χ2v) is 21.2. The first-order valence-corrected chi connectivity index (χ1v) is 26.0. The van der Waals surface area contributed by atoms with E-state index < -0.39 is 0 Å². The third-order valence-corrected chi connectivity index (χ3v) is 17.8. The first-order chi connectivity index (χ1) is 35.7. The third kappa shape index (κ3) is 5.24. The lowest BCUT2D eigenvalue weighted by Gasteiger charge is -2.10. The van der Waals surface area contributed by atoms with E-state index in [2.05, 4.69) is 221 Å². The Hall–Kier alpha value is -8.94. The summed E-state index contributed by atoms with van der Waals surface area (Å²) in [5, 5.41) is 14.6. The molecule has 6 heterocycles. The summed E-state index contributed by atoms with van der Waals surface area (Å²) >= 11 is 3.74. The van der Waals surface area contributed by atoms with E-state index in [9.17, 15) is 0 Å². The molecule has 17 rings (SSSR count). The van der Waals surface area contributed by atoms with Gasteiger partial charge in [-0.05, 0) is 113 Å². The number of thiophene rings is 2. The largest absolute Gasteiger partial charge is 0.456 e. The Morgan fingerprint density at radius 3 is 1.60 bits per heavy atom. The van der Waals surface area contributed by atoms with Crippen LogP contribution in [-0.2, 0) is 0 Å². The Balaban J connectivity index is 0.806. The zero-order valence-corrected chi connectivity index (χ0v) is 39.9. The van der Waals surface area contributed by atoms with Crippen molar-refractivity contribution in [3.63, 3.8) is 0 Å². The molecule has 6 aromatic heterocycles. The average Bonchev–Trinajstić information content (AvgIpc) is 4.29. The number of aromatic nitrogens is 2. The van der Waals surface area contributed by atoms with Gasteiger partial charge in [-0.2, -0.15) is 0 Å². The van der Waals surface area contributed by atoms with Crippen LogP contribution in [0.3, 0.4) is 0 Å². The minimum Gasteiger partial charge on any atom is -0.456 e. The van der Waals surface area contributed by atoms with Crippen molar-refractivity contribution in [1.29, 1.82) is 0 Å². The summed E-state index contributed by atoms with van der Waals surface area (Å²) < 4.78 is 23.1. The quantitative estimate of drug-likeness (QED) is 0.176. The summed E-state index contributed by atoms with van der Waals surface area (Å²) in [4.78, 5) is 0. The molecule has 0 saturated carbocycles. The monoisotopic (exact) mass is 952 g/mol. The van der Waals surface area contributed by atoms with Gasteiger partial charge in [0.1, 0.15) is 22.3 Å². The second kappa shape index (κ2) is 14.3. The summed E-state index contributed by atoms with van der Waals surface area (Å²) in [6.45, 7) is 0. The van der Waals surface area contributed by atoms with Gasteiger partial charge in [0.2, 0.25) is 0 Å². The molecule has 4 nitrogen and oxygen atoms in total. The van der Waals surface area contributed by atoms with E-state index in [0.29, 0.717) is 0 Å². The molecule has 0 fully saturated rings. The fourth-order valence-electron chi connectivity index (χ4n) is 12.2. The van der Waals surface area contributed by atoms with Gasteiger partial charge in [-0.3, -0.25) is 0 Å². The van der Waals surface area contributed by atoms with Crippen LogP contribution in [0.4, 0.5) is 0 Å². The predicted molar refractivity (Wildman–Crippen MR) is 306 cm³/mol. The third-order valence-electron chi connectivity index (χ3n) is 15.3. The molecule has 0 saturated heterocycles. The van der Waals surface area contributed by atoms with Crippen molar-refractivity contribution in [2.24, 2.45) is 0 Å². The molecule has 11 aromatic carbocycles. The highest BCUT2D eigenvalue weighted by molar-refractivity contribution is 7.26. The van der Waals surface area contributed by atoms with Gasteiger partial charge in [-0.25, -0.2) is 0 Å². The molecule has 0 atom stereocenters. The zero-order chi connectivity index (χ0) is 46.8. The number of para-hydroxylation sites is 3. The molecule has 0 aliphatic rings. The van der Waals surface area contributed by atoms with E-state index in [4.69, 9.17) is 8.83 Å². The molecular formula is C66H36N2O2S2. The summed E-state index contributed by atoms with van der Waals surface area (Å²) in [5.74, 6) is 0. The Morgan fingerprint density at radius 2 is 0.819 bits per heavy atom. The Morgan fingerprint density at radius 1 is 0.292 bits per heavy atom. The molecule has 72 heavy (non-hydrogen) atoms. The molecule has 0 spiro atoms. The molecular weight excluding hydrogens is 917 g/mol. The maximum Gasteiger partial charge on any atom is 0.136 e. The average molecular weight is 953 g/mol. The maximum atomic E-state index is 6.69. The van der Waals surface area contributed by atoms with Crippen molar-refractivity contribution < 1.29 is 8.83 Å². The fourth-order valence-corrected chi connectivity index (χ4v) is 14.6. The highest BCUT2D eigenvalue weighted by Crippen LogP contribution is 2.47. The van der Waals surface area contributed by atoms with Crippen molar-refractivity contribution in [1.82, 2.24) is 9.13 Å². The summed E-state index contributed by atoms with van der Waals surface area (Å²) in [6, 6.07) is 79.8. The topological polar surface area (TPSA) is 36.1 Å². The van der Waals surface area contributed by atoms with E-state index in [0.717, 1.165) is 55.3 Å². The van der Waals surface area contributed by atoms with Crippen LogP contribution in [0, 0.1) is 0 Å². The zero-order valence-electron chi connectivity index (χ0n) is 38.3. The van der Waals surface area contributed by atoms with E-state index in [-0.39, 0.29) is 0 Å². The van der Waals surface area contributed by atoms with Crippen LogP contribution in [0.25, 0.3) is 161 Å². The van der Waals surface area contributed by atoms with Crippen LogP contribution in [0.1, 0.15) is 0 Å². The second-order valence-electron chi connectivity index (χ2n) is 19.1. The van der Waals surface area contributed by atoms with E-state index >= 15 is 0 Å². The van der Waals surface area contributed by atoms with Crippen LogP contribution < -0.4 is 0 Å². The molecule has 0 amide bonds. The smallest absolute Gasteiger partial charge is 0.136 e. The molecule has 6 heteroatoms. The van der Waals surface area contributed by atoms with Gasteiger partial charge in [0.05, 0.1) is 32.5 Å². The number of hydrogen-bond donors (Lipinski definition) is 0. The minimum atomic E-state index is 0.886. The van der Waals surface area contributed by atoms with Gasteiger partial charge in [0.25, 0.3) is 0 Å². The van der Waals surface area contributed by atoms with Gasteiger partial charge in [-0.15, -0.1) is 22.7 Å². The number of furan rings is 2.